The Hall–Kier alpha value is -0.640. The molecule has 0 bridgehead atoms. The highest BCUT2D eigenvalue weighted by atomic mass is 32.2. The maximum atomic E-state index is 11.7. The number of alkyl halides is 3. The van der Waals surface area contributed by atoms with Crippen LogP contribution in [0.3, 0.4) is 0 Å². The Morgan fingerprint density at radius 2 is 1.55 bits per heavy atom. The number of rotatable bonds is 1. The topological polar surface area (TPSA) is 0 Å². The normalized spacial score (nSPS) is 11.5. The molecular formula is C7H6F3S+. The van der Waals surface area contributed by atoms with Crippen molar-refractivity contribution in [2.45, 2.75) is 10.4 Å². The maximum Gasteiger partial charge on any atom is 0.578 e. The summed E-state index contributed by atoms with van der Waals surface area (Å²) in [6.45, 7) is 0. The highest BCUT2D eigenvalue weighted by Crippen LogP contribution is 2.21. The second-order valence-electron chi connectivity index (χ2n) is 1.92. The summed E-state index contributed by atoms with van der Waals surface area (Å²) >= 11 is -0.593. The lowest BCUT2D eigenvalue weighted by Crippen LogP contribution is -2.09. The third kappa shape index (κ3) is 3.32. The van der Waals surface area contributed by atoms with Gasteiger partial charge in [-0.3, -0.25) is 0 Å². The van der Waals surface area contributed by atoms with Crippen LogP contribution in [0, 0.1) is 0 Å². The van der Waals surface area contributed by atoms with E-state index in [0.29, 0.717) is 0 Å². The van der Waals surface area contributed by atoms with Crippen molar-refractivity contribution in [3.05, 3.63) is 30.3 Å². The lowest BCUT2D eigenvalue weighted by molar-refractivity contribution is -0.0341. The molecular weight excluding hydrogens is 173 g/mol. The fourth-order valence-electron chi connectivity index (χ4n) is 0.649. The largest absolute Gasteiger partial charge is 0.578 e. The number of thiol groups is 1. The Balaban J connectivity index is 2.66. The average molecular weight is 179 g/mol. The summed E-state index contributed by atoms with van der Waals surface area (Å²) in [6, 6.07) is 7.78. The van der Waals surface area contributed by atoms with E-state index in [1.54, 1.807) is 18.2 Å². The van der Waals surface area contributed by atoms with E-state index in [4.69, 9.17) is 0 Å². The molecule has 0 atom stereocenters. The Morgan fingerprint density at radius 1 is 1.00 bits per heavy atom. The Kier molecular flexibility index (Phi) is 2.44. The molecule has 0 aliphatic rings. The van der Waals surface area contributed by atoms with Gasteiger partial charge < -0.3 is 0 Å². The first-order valence-electron chi connectivity index (χ1n) is 2.92. The van der Waals surface area contributed by atoms with Crippen molar-refractivity contribution in [3.8, 4) is 0 Å². The molecule has 0 amide bonds. The molecule has 1 aromatic carbocycles. The third-order valence-corrected chi connectivity index (χ3v) is 1.82. The van der Waals surface area contributed by atoms with Crippen LogP contribution in [0.25, 0.3) is 0 Å². The van der Waals surface area contributed by atoms with E-state index in [1.165, 1.54) is 12.1 Å². The van der Waals surface area contributed by atoms with Crippen molar-refractivity contribution in [2.75, 3.05) is 0 Å². The minimum atomic E-state index is -4.12. The van der Waals surface area contributed by atoms with E-state index < -0.39 is 17.3 Å². The molecule has 0 saturated heterocycles. The minimum Gasteiger partial charge on any atom is -0.122 e. The van der Waals surface area contributed by atoms with Gasteiger partial charge >= 0.3 is 5.51 Å². The van der Waals surface area contributed by atoms with Crippen LogP contribution >= 0.6 is 0 Å². The number of halogens is 3. The molecule has 0 fully saturated rings. The van der Waals surface area contributed by atoms with Crippen LogP contribution in [0.15, 0.2) is 35.2 Å². The highest BCUT2D eigenvalue weighted by Gasteiger charge is 2.39. The van der Waals surface area contributed by atoms with E-state index in [9.17, 15) is 13.2 Å². The molecule has 0 saturated carbocycles. The van der Waals surface area contributed by atoms with Crippen LogP contribution in [-0.2, 0) is 11.8 Å². The molecule has 0 nitrogen and oxygen atoms in total. The van der Waals surface area contributed by atoms with Gasteiger partial charge in [-0.25, -0.2) is 0 Å². The average Bonchev–Trinajstić information content (AvgIpc) is 1.85. The molecule has 0 heterocycles. The zero-order chi connectivity index (χ0) is 8.32. The van der Waals surface area contributed by atoms with Crippen molar-refractivity contribution in [3.63, 3.8) is 0 Å². The minimum absolute atomic E-state index is 0.278. The lowest BCUT2D eigenvalue weighted by atomic mass is 10.4. The van der Waals surface area contributed by atoms with Gasteiger partial charge in [0.15, 0.2) is 4.90 Å². The van der Waals surface area contributed by atoms with E-state index >= 15 is 0 Å². The molecule has 60 valence electrons. The third-order valence-electron chi connectivity index (χ3n) is 1.01. The van der Waals surface area contributed by atoms with Crippen LogP contribution < -0.4 is 0 Å². The Morgan fingerprint density at radius 3 is 2.00 bits per heavy atom. The first-order chi connectivity index (χ1) is 5.08. The van der Waals surface area contributed by atoms with Gasteiger partial charge in [0.1, 0.15) is 11.8 Å². The summed E-state index contributed by atoms with van der Waals surface area (Å²) < 4.78 is 35.2. The van der Waals surface area contributed by atoms with Gasteiger partial charge in [-0.15, -0.1) is 13.2 Å². The molecule has 0 radical (unpaired) electrons. The molecule has 1 aromatic rings. The van der Waals surface area contributed by atoms with Crippen molar-refractivity contribution in [1.29, 1.82) is 0 Å². The zero-order valence-corrected chi connectivity index (χ0v) is 6.36. The van der Waals surface area contributed by atoms with E-state index in [1.807, 2.05) is 0 Å². The van der Waals surface area contributed by atoms with Crippen LogP contribution in [0.4, 0.5) is 13.2 Å². The summed E-state index contributed by atoms with van der Waals surface area (Å²) in [5.41, 5.74) is -4.12. The molecule has 0 aliphatic heterocycles. The van der Waals surface area contributed by atoms with Gasteiger partial charge in [0.2, 0.25) is 0 Å². The SMILES string of the molecule is FC(F)(F)[SH+]c1ccccc1. The molecule has 0 aliphatic carbocycles. The van der Waals surface area contributed by atoms with Gasteiger partial charge in [0.25, 0.3) is 0 Å². The predicted molar refractivity (Wildman–Crippen MR) is 39.5 cm³/mol. The highest BCUT2D eigenvalue weighted by molar-refractivity contribution is 7.79. The molecule has 0 spiro atoms. The van der Waals surface area contributed by atoms with Crippen LogP contribution in [-0.4, -0.2) is 5.51 Å². The molecule has 0 unspecified atom stereocenters. The fraction of sp³-hybridized carbons (Fsp3) is 0.143. The number of benzene rings is 1. The van der Waals surface area contributed by atoms with E-state index in [0.717, 1.165) is 0 Å². The quantitative estimate of drug-likeness (QED) is 0.458. The lowest BCUT2D eigenvalue weighted by Gasteiger charge is -1.93. The zero-order valence-electron chi connectivity index (χ0n) is 5.47. The second-order valence-corrected chi connectivity index (χ2v) is 3.16. The van der Waals surface area contributed by atoms with Crippen LogP contribution in [0.5, 0.6) is 0 Å². The smallest absolute Gasteiger partial charge is 0.122 e. The molecule has 4 heteroatoms. The Labute approximate surface area is 66.4 Å². The second kappa shape index (κ2) is 3.17. The standard InChI is InChI=1S/C7H5F3S/c8-7(9,10)11-6-4-2-1-3-5-6/h1-5H/p+1. The van der Waals surface area contributed by atoms with E-state index in [2.05, 4.69) is 0 Å². The van der Waals surface area contributed by atoms with Gasteiger partial charge in [0.05, 0.1) is 0 Å². The van der Waals surface area contributed by atoms with Crippen LogP contribution in [0.1, 0.15) is 0 Å². The summed E-state index contributed by atoms with van der Waals surface area (Å²) in [6.07, 6.45) is 0. The molecule has 1 rings (SSSR count). The molecule has 0 aromatic heterocycles. The fourth-order valence-corrected chi connectivity index (χ4v) is 1.26. The molecule has 0 N–H and O–H groups in total. The summed E-state index contributed by atoms with van der Waals surface area (Å²) in [4.78, 5) is 0.278. The van der Waals surface area contributed by atoms with Crippen molar-refractivity contribution in [2.24, 2.45) is 0 Å². The monoisotopic (exact) mass is 179 g/mol. The Bertz CT molecular complexity index is 217. The van der Waals surface area contributed by atoms with Crippen LogP contribution in [0.2, 0.25) is 0 Å². The van der Waals surface area contributed by atoms with Crippen molar-refractivity contribution in [1.82, 2.24) is 0 Å². The van der Waals surface area contributed by atoms with Crippen molar-refractivity contribution < 1.29 is 13.2 Å². The van der Waals surface area contributed by atoms with Gasteiger partial charge in [-0.1, -0.05) is 18.2 Å². The first kappa shape index (κ1) is 8.46. The van der Waals surface area contributed by atoms with E-state index in [-0.39, 0.29) is 4.90 Å². The van der Waals surface area contributed by atoms with Gasteiger partial charge in [-0.05, 0) is 12.1 Å². The molecule has 11 heavy (non-hydrogen) atoms. The predicted octanol–water partition coefficient (Wildman–Crippen LogP) is 2.38. The number of hydrogen-bond acceptors (Lipinski definition) is 0. The van der Waals surface area contributed by atoms with Gasteiger partial charge in [0, 0.05) is 0 Å². The maximum absolute atomic E-state index is 11.7. The first-order valence-corrected chi connectivity index (χ1v) is 3.82. The summed E-state index contributed by atoms with van der Waals surface area (Å²) in [5, 5.41) is 0. The summed E-state index contributed by atoms with van der Waals surface area (Å²) in [5.74, 6) is 0. The summed E-state index contributed by atoms with van der Waals surface area (Å²) in [7, 11) is 0. The number of hydrogen-bond donors (Lipinski definition) is 0. The van der Waals surface area contributed by atoms with Crippen molar-refractivity contribution >= 4 is 11.8 Å². The van der Waals surface area contributed by atoms with Gasteiger partial charge in [-0.2, -0.15) is 0 Å².